The van der Waals surface area contributed by atoms with E-state index in [4.69, 9.17) is 4.74 Å². The third-order valence-corrected chi connectivity index (χ3v) is 2.53. The lowest BCUT2D eigenvalue weighted by Gasteiger charge is -2.02. The first-order chi connectivity index (χ1) is 9.11. The number of carbonyl (C=O) groups is 2. The van der Waals surface area contributed by atoms with E-state index in [1.54, 1.807) is 35.7 Å². The van der Waals surface area contributed by atoms with Crippen LogP contribution in [0.1, 0.15) is 29.9 Å². The number of fused-ring (bicyclic) bond motifs is 1. The smallest absolute Gasteiger partial charge is 0.356 e. The second-order valence-electron chi connectivity index (χ2n) is 4.00. The zero-order chi connectivity index (χ0) is 13.8. The molecule has 0 aliphatic rings. The van der Waals surface area contributed by atoms with E-state index in [9.17, 15) is 9.59 Å². The second-order valence-corrected chi connectivity index (χ2v) is 4.00. The summed E-state index contributed by atoms with van der Waals surface area (Å²) >= 11 is 0. The molecule has 0 radical (unpaired) electrons. The molecule has 2 rings (SSSR count). The number of allylic oxidation sites excluding steroid dienone is 1. The Kier molecular flexibility index (Phi) is 3.75. The number of hydrogen-bond acceptors (Lipinski definition) is 4. The van der Waals surface area contributed by atoms with Crippen LogP contribution in [0.5, 0.6) is 0 Å². The van der Waals surface area contributed by atoms with Gasteiger partial charge in [0.25, 0.3) is 0 Å². The molecule has 2 aromatic heterocycles. The minimum absolute atomic E-state index is 0.0181. The lowest BCUT2D eigenvalue weighted by atomic mass is 10.2. The zero-order valence-electron chi connectivity index (χ0n) is 10.8. The topological polar surface area (TPSA) is 60.7 Å². The number of rotatable bonds is 4. The molecule has 0 N–H and O–H groups in total. The number of ketones is 1. The van der Waals surface area contributed by atoms with Gasteiger partial charge in [0.15, 0.2) is 11.5 Å². The minimum atomic E-state index is -0.401. The maximum absolute atomic E-state index is 11.7. The predicted octanol–water partition coefficient (Wildman–Crippen LogP) is 2.11. The SMILES string of the molecule is CCOC(=O)c1cnc2cc(C=CC(C)=O)ccn12. The van der Waals surface area contributed by atoms with E-state index in [-0.39, 0.29) is 5.78 Å². The van der Waals surface area contributed by atoms with Crippen molar-refractivity contribution in [1.29, 1.82) is 0 Å². The molecule has 0 atom stereocenters. The summed E-state index contributed by atoms with van der Waals surface area (Å²) in [6.07, 6.45) is 6.41. The molecule has 0 spiro atoms. The number of hydrogen-bond donors (Lipinski definition) is 0. The maximum atomic E-state index is 11.7. The summed E-state index contributed by atoms with van der Waals surface area (Å²) in [5.74, 6) is -0.419. The van der Waals surface area contributed by atoms with Crippen LogP contribution in [0.2, 0.25) is 0 Å². The highest BCUT2D eigenvalue weighted by atomic mass is 16.5. The van der Waals surface area contributed by atoms with Crippen LogP contribution in [0.15, 0.2) is 30.6 Å². The summed E-state index contributed by atoms with van der Waals surface area (Å²) in [6.45, 7) is 3.57. The van der Waals surface area contributed by atoms with Gasteiger partial charge < -0.3 is 4.74 Å². The lowest BCUT2D eigenvalue weighted by molar-refractivity contribution is -0.112. The van der Waals surface area contributed by atoms with Gasteiger partial charge in [0.2, 0.25) is 0 Å². The van der Waals surface area contributed by atoms with Crippen LogP contribution in [0.25, 0.3) is 11.7 Å². The fraction of sp³-hybridized carbons (Fsp3) is 0.214. The third kappa shape index (κ3) is 2.88. The summed E-state index contributed by atoms with van der Waals surface area (Å²) < 4.78 is 6.60. The molecule has 5 nitrogen and oxygen atoms in total. The molecule has 0 aromatic carbocycles. The quantitative estimate of drug-likeness (QED) is 0.622. The van der Waals surface area contributed by atoms with E-state index in [0.717, 1.165) is 5.56 Å². The van der Waals surface area contributed by atoms with Gasteiger partial charge in [0, 0.05) is 6.20 Å². The first-order valence-corrected chi connectivity index (χ1v) is 5.94. The summed E-state index contributed by atoms with van der Waals surface area (Å²) in [5, 5.41) is 0. The fourth-order valence-electron chi connectivity index (χ4n) is 1.67. The van der Waals surface area contributed by atoms with E-state index in [1.807, 2.05) is 0 Å². The Balaban J connectivity index is 2.36. The Morgan fingerprint density at radius 2 is 2.26 bits per heavy atom. The number of aromatic nitrogens is 2. The van der Waals surface area contributed by atoms with Gasteiger partial charge >= 0.3 is 5.97 Å². The van der Waals surface area contributed by atoms with E-state index in [1.165, 1.54) is 19.2 Å². The molecule has 0 aliphatic carbocycles. The van der Waals surface area contributed by atoms with Gasteiger partial charge in [0.05, 0.1) is 12.8 Å². The average Bonchev–Trinajstić information content (AvgIpc) is 2.79. The van der Waals surface area contributed by atoms with Crippen LogP contribution in [-0.2, 0) is 9.53 Å². The average molecular weight is 258 g/mol. The van der Waals surface area contributed by atoms with Crippen molar-refractivity contribution in [3.8, 4) is 0 Å². The number of imidazole rings is 1. The zero-order valence-corrected chi connectivity index (χ0v) is 10.8. The molecular formula is C14H14N2O3. The molecule has 0 aliphatic heterocycles. The second kappa shape index (κ2) is 5.48. The van der Waals surface area contributed by atoms with E-state index >= 15 is 0 Å². The molecule has 19 heavy (non-hydrogen) atoms. The molecule has 0 bridgehead atoms. The summed E-state index contributed by atoms with van der Waals surface area (Å²) in [5.41, 5.74) is 1.87. The fourth-order valence-corrected chi connectivity index (χ4v) is 1.67. The molecule has 5 heteroatoms. The Morgan fingerprint density at radius 3 is 2.95 bits per heavy atom. The molecule has 0 saturated heterocycles. The van der Waals surface area contributed by atoms with Gasteiger partial charge in [-0.3, -0.25) is 9.20 Å². The van der Waals surface area contributed by atoms with Crippen molar-refractivity contribution in [1.82, 2.24) is 9.38 Å². The maximum Gasteiger partial charge on any atom is 0.356 e. The van der Waals surface area contributed by atoms with E-state index < -0.39 is 5.97 Å². The van der Waals surface area contributed by atoms with E-state index in [2.05, 4.69) is 4.98 Å². The van der Waals surface area contributed by atoms with Crippen LogP contribution in [-0.4, -0.2) is 27.7 Å². The number of nitrogens with zero attached hydrogens (tertiary/aromatic N) is 2. The van der Waals surface area contributed by atoms with E-state index in [0.29, 0.717) is 17.9 Å². The molecule has 0 saturated carbocycles. The Bertz CT molecular complexity index is 656. The monoisotopic (exact) mass is 258 g/mol. The highest BCUT2D eigenvalue weighted by Crippen LogP contribution is 2.11. The van der Waals surface area contributed by atoms with Crippen LogP contribution >= 0.6 is 0 Å². The van der Waals surface area contributed by atoms with Crippen molar-refractivity contribution in [2.24, 2.45) is 0 Å². The van der Waals surface area contributed by atoms with Crippen LogP contribution in [0, 0.1) is 0 Å². The van der Waals surface area contributed by atoms with Gasteiger partial charge in [-0.2, -0.15) is 0 Å². The predicted molar refractivity (Wildman–Crippen MR) is 70.9 cm³/mol. The van der Waals surface area contributed by atoms with Crippen LogP contribution < -0.4 is 0 Å². The minimum Gasteiger partial charge on any atom is -0.461 e. The van der Waals surface area contributed by atoms with Gasteiger partial charge in [-0.15, -0.1) is 0 Å². The lowest BCUT2D eigenvalue weighted by Crippen LogP contribution is -2.07. The van der Waals surface area contributed by atoms with Crippen molar-refractivity contribution in [3.63, 3.8) is 0 Å². The first kappa shape index (κ1) is 13.0. The molecule has 2 heterocycles. The summed E-state index contributed by atoms with van der Waals surface area (Å²) in [4.78, 5) is 26.7. The van der Waals surface area contributed by atoms with Crippen molar-refractivity contribution in [2.45, 2.75) is 13.8 Å². The summed E-state index contributed by atoms with van der Waals surface area (Å²) in [7, 11) is 0. The number of pyridine rings is 1. The number of esters is 1. The van der Waals surface area contributed by atoms with Gasteiger partial charge in [-0.05, 0) is 37.6 Å². The number of carbonyl (C=O) groups excluding carboxylic acids is 2. The highest BCUT2D eigenvalue weighted by Gasteiger charge is 2.12. The molecule has 2 aromatic rings. The molecule has 98 valence electrons. The third-order valence-electron chi connectivity index (χ3n) is 2.53. The van der Waals surface area contributed by atoms with Crippen molar-refractivity contribution >= 4 is 23.5 Å². The first-order valence-electron chi connectivity index (χ1n) is 5.94. The molecule has 0 fully saturated rings. The van der Waals surface area contributed by atoms with Crippen LogP contribution in [0.3, 0.4) is 0 Å². The standard InChI is InChI=1S/C14H14N2O3/c1-3-19-14(18)12-9-15-13-8-11(5-4-10(2)17)6-7-16(12)13/h4-9H,3H2,1-2H3. The van der Waals surface area contributed by atoms with Crippen molar-refractivity contribution in [2.75, 3.05) is 6.61 Å². The Morgan fingerprint density at radius 1 is 1.47 bits per heavy atom. The summed E-state index contributed by atoms with van der Waals surface area (Å²) in [6, 6.07) is 3.60. The highest BCUT2D eigenvalue weighted by molar-refractivity contribution is 5.92. The van der Waals surface area contributed by atoms with Gasteiger partial charge in [-0.25, -0.2) is 9.78 Å². The van der Waals surface area contributed by atoms with Gasteiger partial charge in [-0.1, -0.05) is 6.08 Å². The number of ether oxygens (including phenoxy) is 1. The van der Waals surface area contributed by atoms with Crippen molar-refractivity contribution < 1.29 is 14.3 Å². The van der Waals surface area contributed by atoms with Crippen LogP contribution in [0.4, 0.5) is 0 Å². The Labute approximate surface area is 110 Å². The van der Waals surface area contributed by atoms with Crippen molar-refractivity contribution in [3.05, 3.63) is 41.9 Å². The Hall–Kier alpha value is -2.43. The molecule has 0 unspecified atom stereocenters. The normalized spacial score (nSPS) is 11.1. The molecule has 0 amide bonds. The van der Waals surface area contributed by atoms with Gasteiger partial charge in [0.1, 0.15) is 5.65 Å². The largest absolute Gasteiger partial charge is 0.461 e. The molecular weight excluding hydrogens is 244 g/mol.